The molecule has 0 saturated heterocycles. The molecule has 2 atom stereocenters. The van der Waals surface area contributed by atoms with Crippen LogP contribution in [0.3, 0.4) is 0 Å². The molecule has 0 aliphatic heterocycles. The minimum absolute atomic E-state index is 0.719. The van der Waals surface area contributed by atoms with Crippen LogP contribution >= 0.6 is 0 Å². The Bertz CT molecular complexity index is 798. The molecule has 2 aliphatic carbocycles. The number of allylic oxidation sites excluding steroid dienone is 2. The molecule has 2 aromatic carbocycles. The molecule has 0 saturated carbocycles. The van der Waals surface area contributed by atoms with E-state index in [9.17, 15) is 0 Å². The standard InChI is InChI=1S/2C10H9.C2H4.Zr.2H/c2*1-8-6-9-4-2-3-5-10(9)7-8;1-2;;;/h2*2-7H,1H3;1H,2H3;;;. The van der Waals surface area contributed by atoms with Crippen LogP contribution in [0, 0.1) is 0 Å². The normalized spacial score (nSPS) is 21.7. The number of fused-ring (bicyclic) bond motifs is 2. The van der Waals surface area contributed by atoms with E-state index in [1.54, 1.807) is 22.3 Å². The third-order valence-electron chi connectivity index (χ3n) is 6.02. The van der Waals surface area contributed by atoms with Gasteiger partial charge in [0.1, 0.15) is 0 Å². The molecule has 0 fully saturated rings. The van der Waals surface area contributed by atoms with Crippen LogP contribution in [0.2, 0.25) is 0 Å². The Morgan fingerprint density at radius 3 is 1.61 bits per heavy atom. The molecule has 0 bridgehead atoms. The molecule has 2 aromatic rings. The summed E-state index contributed by atoms with van der Waals surface area (Å²) in [5.41, 5.74) is 9.27. The third kappa shape index (κ3) is 2.41. The van der Waals surface area contributed by atoms with E-state index in [0.717, 1.165) is 7.25 Å². The fraction of sp³-hybridized carbons (Fsp3) is 0.227. The van der Waals surface area contributed by atoms with Gasteiger partial charge >= 0.3 is 147 Å². The van der Waals surface area contributed by atoms with E-state index in [-0.39, 0.29) is 0 Å². The Morgan fingerprint density at radius 1 is 0.739 bits per heavy atom. The fourth-order valence-corrected chi connectivity index (χ4v) is 17.1. The molecular formula is C22H24Zr. The summed E-state index contributed by atoms with van der Waals surface area (Å²) in [6, 6.07) is 18.1. The van der Waals surface area contributed by atoms with Crippen molar-refractivity contribution in [1.29, 1.82) is 0 Å². The zero-order chi connectivity index (χ0) is 16.0. The first-order valence-corrected chi connectivity index (χ1v) is 14.8. The van der Waals surface area contributed by atoms with Crippen molar-refractivity contribution in [1.82, 2.24) is 0 Å². The maximum absolute atomic E-state index is 2.65. The number of rotatable bonds is 2. The van der Waals surface area contributed by atoms with Gasteiger partial charge in [0.25, 0.3) is 0 Å². The molecule has 4 rings (SSSR count). The van der Waals surface area contributed by atoms with Gasteiger partial charge in [0, 0.05) is 0 Å². The van der Waals surface area contributed by atoms with Crippen LogP contribution in [-0.2, 0) is 21.3 Å². The topological polar surface area (TPSA) is 0 Å². The molecule has 1 heteroatoms. The van der Waals surface area contributed by atoms with Gasteiger partial charge in [0.05, 0.1) is 0 Å². The Balaban J connectivity index is 1.83. The van der Waals surface area contributed by atoms with Gasteiger partial charge in [-0.3, -0.25) is 0 Å². The SMILES string of the molecule is C[CH]=[ZrH2]([CH]1C(C)=Cc2ccccc21)[CH]1C(C)=Cc2ccccc21. The monoisotopic (exact) mass is 378 g/mol. The second kappa shape index (κ2) is 5.95. The predicted molar refractivity (Wildman–Crippen MR) is 100 cm³/mol. The van der Waals surface area contributed by atoms with Crippen LogP contribution in [-0.4, -0.2) is 3.71 Å². The molecule has 116 valence electrons. The van der Waals surface area contributed by atoms with Gasteiger partial charge in [-0.2, -0.15) is 0 Å². The molecule has 0 spiro atoms. The summed E-state index contributed by atoms with van der Waals surface area (Å²) in [5, 5.41) is 0. The maximum atomic E-state index is 2.65. The molecule has 0 N–H and O–H groups in total. The van der Waals surface area contributed by atoms with Crippen molar-refractivity contribution in [3.63, 3.8) is 0 Å². The minimum atomic E-state index is -2.19. The molecule has 0 radical (unpaired) electrons. The summed E-state index contributed by atoms with van der Waals surface area (Å²) in [6.07, 6.45) is 4.85. The van der Waals surface area contributed by atoms with E-state index in [1.807, 2.05) is 0 Å². The van der Waals surface area contributed by atoms with E-state index < -0.39 is 21.3 Å². The molecule has 0 aromatic heterocycles. The van der Waals surface area contributed by atoms with E-state index in [0.29, 0.717) is 0 Å². The molecule has 0 heterocycles. The first-order valence-electron chi connectivity index (χ1n) is 8.77. The average molecular weight is 380 g/mol. The van der Waals surface area contributed by atoms with Crippen molar-refractivity contribution < 1.29 is 21.3 Å². The summed E-state index contributed by atoms with van der Waals surface area (Å²) in [5.74, 6) is 0. The Morgan fingerprint density at radius 2 is 1.17 bits per heavy atom. The van der Waals surface area contributed by atoms with Crippen molar-refractivity contribution in [2.75, 3.05) is 0 Å². The zero-order valence-electron chi connectivity index (χ0n) is 14.2. The number of hydrogen-bond donors (Lipinski definition) is 0. The van der Waals surface area contributed by atoms with Crippen molar-refractivity contribution in [2.45, 2.75) is 28.0 Å². The average Bonchev–Trinajstić information content (AvgIpc) is 3.06. The molecule has 23 heavy (non-hydrogen) atoms. The van der Waals surface area contributed by atoms with Crippen LogP contribution in [0.1, 0.15) is 50.3 Å². The van der Waals surface area contributed by atoms with Crippen LogP contribution in [0.15, 0.2) is 59.7 Å². The van der Waals surface area contributed by atoms with Crippen LogP contribution in [0.5, 0.6) is 0 Å². The van der Waals surface area contributed by atoms with Gasteiger partial charge in [-0.1, -0.05) is 0 Å². The molecule has 2 unspecified atom stereocenters. The van der Waals surface area contributed by atoms with Crippen LogP contribution < -0.4 is 0 Å². The molecule has 2 aliphatic rings. The predicted octanol–water partition coefficient (Wildman–Crippen LogP) is 5.21. The Labute approximate surface area is 146 Å². The van der Waals surface area contributed by atoms with Crippen LogP contribution in [0.25, 0.3) is 12.2 Å². The Hall–Kier alpha value is -1.33. The molecule has 0 nitrogen and oxygen atoms in total. The quantitative estimate of drug-likeness (QED) is 0.672. The Kier molecular flexibility index (Phi) is 3.94. The third-order valence-corrected chi connectivity index (χ3v) is 18.3. The van der Waals surface area contributed by atoms with E-state index in [2.05, 4.69) is 85.2 Å². The van der Waals surface area contributed by atoms with E-state index in [4.69, 9.17) is 0 Å². The van der Waals surface area contributed by atoms with Crippen molar-refractivity contribution in [3.8, 4) is 0 Å². The first kappa shape index (κ1) is 15.2. The summed E-state index contributed by atoms with van der Waals surface area (Å²) < 4.78 is 4.09. The van der Waals surface area contributed by atoms with Gasteiger partial charge in [-0.15, -0.1) is 0 Å². The van der Waals surface area contributed by atoms with Crippen LogP contribution in [0.4, 0.5) is 0 Å². The second-order valence-electron chi connectivity index (χ2n) is 7.26. The van der Waals surface area contributed by atoms with Gasteiger partial charge in [-0.25, -0.2) is 0 Å². The zero-order valence-corrected chi connectivity index (χ0v) is 17.7. The van der Waals surface area contributed by atoms with E-state index >= 15 is 0 Å². The number of hydrogen-bond acceptors (Lipinski definition) is 0. The fourth-order valence-electron chi connectivity index (χ4n) is 5.06. The van der Waals surface area contributed by atoms with Gasteiger partial charge in [-0.05, 0) is 0 Å². The molecule has 0 amide bonds. The van der Waals surface area contributed by atoms with Crippen molar-refractivity contribution in [3.05, 3.63) is 81.9 Å². The van der Waals surface area contributed by atoms with Gasteiger partial charge < -0.3 is 0 Å². The molecular weight excluding hydrogens is 355 g/mol. The number of benzene rings is 2. The van der Waals surface area contributed by atoms with Gasteiger partial charge in [0.2, 0.25) is 0 Å². The summed E-state index contributed by atoms with van der Waals surface area (Å²) in [4.78, 5) is 0. The van der Waals surface area contributed by atoms with Gasteiger partial charge in [0.15, 0.2) is 0 Å². The first-order chi connectivity index (χ1) is 11.2. The van der Waals surface area contributed by atoms with Crippen molar-refractivity contribution in [2.24, 2.45) is 0 Å². The van der Waals surface area contributed by atoms with Crippen molar-refractivity contribution >= 4 is 15.9 Å². The van der Waals surface area contributed by atoms with E-state index in [1.165, 1.54) is 11.1 Å². The second-order valence-corrected chi connectivity index (χ2v) is 16.8. The summed E-state index contributed by atoms with van der Waals surface area (Å²) in [6.45, 7) is 7.03. The summed E-state index contributed by atoms with van der Waals surface area (Å²) in [7, 11) is 0. The summed E-state index contributed by atoms with van der Waals surface area (Å²) >= 11 is -2.19.